The molecule has 0 bridgehead atoms. The minimum absolute atomic E-state index is 0.0946. The maximum Gasteiger partial charge on any atom is 0.272 e. The summed E-state index contributed by atoms with van der Waals surface area (Å²) in [6.45, 7) is 4.26. The molecule has 0 spiro atoms. The van der Waals surface area contributed by atoms with Crippen molar-refractivity contribution in [1.29, 1.82) is 0 Å². The van der Waals surface area contributed by atoms with Crippen LogP contribution in [0.1, 0.15) is 44.7 Å². The summed E-state index contributed by atoms with van der Waals surface area (Å²) in [5.74, 6) is -2.75. The zero-order valence-electron chi connectivity index (χ0n) is 20.6. The van der Waals surface area contributed by atoms with Gasteiger partial charge in [-0.15, -0.1) is 0 Å². The highest BCUT2D eigenvalue weighted by Gasteiger charge is 2.49. The molecule has 3 amide bonds. The van der Waals surface area contributed by atoms with Crippen molar-refractivity contribution in [3.8, 4) is 0 Å². The number of amides is 3. The maximum atomic E-state index is 14.7. The van der Waals surface area contributed by atoms with Crippen LogP contribution in [0, 0.1) is 11.6 Å². The SMILES string of the molecule is CC(=O)NC(NCCCC1(c2ccccc2)SC(c2cc(F)ccc2F)=NN1C(=O)C(C)O)NC(C)=O. The zero-order valence-corrected chi connectivity index (χ0v) is 21.4. The summed E-state index contributed by atoms with van der Waals surface area (Å²) in [7, 11) is 0. The van der Waals surface area contributed by atoms with E-state index >= 15 is 0 Å². The number of benzene rings is 2. The van der Waals surface area contributed by atoms with Gasteiger partial charge in [0.2, 0.25) is 11.8 Å². The van der Waals surface area contributed by atoms with Crippen molar-refractivity contribution in [1.82, 2.24) is 21.0 Å². The molecule has 37 heavy (non-hydrogen) atoms. The highest BCUT2D eigenvalue weighted by molar-refractivity contribution is 8.15. The molecule has 2 atom stereocenters. The van der Waals surface area contributed by atoms with Gasteiger partial charge in [0.05, 0.1) is 0 Å². The van der Waals surface area contributed by atoms with Crippen molar-refractivity contribution in [3.63, 3.8) is 0 Å². The van der Waals surface area contributed by atoms with Crippen LogP contribution in [0.15, 0.2) is 53.6 Å². The van der Waals surface area contributed by atoms with E-state index in [1.165, 1.54) is 20.8 Å². The Balaban J connectivity index is 1.94. The molecule has 2 aromatic carbocycles. The number of hydrogen-bond donors (Lipinski definition) is 4. The monoisotopic (exact) mass is 533 g/mol. The Hall–Kier alpha value is -3.35. The van der Waals surface area contributed by atoms with Crippen LogP contribution in [0.5, 0.6) is 0 Å². The normalized spacial score (nSPS) is 17.9. The summed E-state index contributed by atoms with van der Waals surface area (Å²) in [4.78, 5) is 34.9. The second kappa shape index (κ2) is 12.3. The van der Waals surface area contributed by atoms with Crippen LogP contribution in [0.4, 0.5) is 8.78 Å². The largest absolute Gasteiger partial charge is 0.383 e. The molecule has 0 aliphatic carbocycles. The highest BCUT2D eigenvalue weighted by atomic mass is 32.2. The van der Waals surface area contributed by atoms with Crippen LogP contribution in [0.3, 0.4) is 0 Å². The smallest absolute Gasteiger partial charge is 0.272 e. The minimum Gasteiger partial charge on any atom is -0.383 e. The molecule has 12 heteroatoms. The lowest BCUT2D eigenvalue weighted by molar-refractivity contribution is -0.143. The van der Waals surface area contributed by atoms with E-state index in [-0.39, 0.29) is 28.8 Å². The van der Waals surface area contributed by atoms with Gasteiger partial charge >= 0.3 is 0 Å². The van der Waals surface area contributed by atoms with E-state index in [4.69, 9.17) is 0 Å². The molecular weight excluding hydrogens is 504 g/mol. The van der Waals surface area contributed by atoms with E-state index in [9.17, 15) is 28.3 Å². The van der Waals surface area contributed by atoms with E-state index in [1.54, 1.807) is 30.3 Å². The molecule has 0 radical (unpaired) electrons. The standard InChI is InChI=1S/C25H29F2N5O4S/c1-15(33)23(36)32-25(18-8-5-4-6-9-18,12-7-13-28-24(29-16(2)34)30-17(3)35)37-22(31-32)20-14-19(26)10-11-21(20)27/h4-6,8-11,14-15,24,28,33H,7,12-13H2,1-3H3,(H,29,34)(H,30,35). The van der Waals surface area contributed by atoms with Gasteiger partial charge in [0.25, 0.3) is 5.91 Å². The molecular formula is C25H29F2N5O4S. The van der Waals surface area contributed by atoms with E-state index in [0.717, 1.165) is 35.0 Å². The van der Waals surface area contributed by atoms with Gasteiger partial charge in [-0.25, -0.2) is 13.8 Å². The van der Waals surface area contributed by atoms with Crippen LogP contribution < -0.4 is 16.0 Å². The molecule has 198 valence electrons. The third-order valence-electron chi connectivity index (χ3n) is 5.48. The van der Waals surface area contributed by atoms with Crippen molar-refractivity contribution in [2.75, 3.05) is 6.54 Å². The number of aliphatic hydroxyl groups is 1. The highest BCUT2D eigenvalue weighted by Crippen LogP contribution is 2.50. The van der Waals surface area contributed by atoms with Gasteiger partial charge in [-0.2, -0.15) is 5.10 Å². The maximum absolute atomic E-state index is 14.7. The molecule has 9 nitrogen and oxygen atoms in total. The second-order valence-electron chi connectivity index (χ2n) is 8.50. The fourth-order valence-electron chi connectivity index (χ4n) is 3.87. The molecule has 4 N–H and O–H groups in total. The molecule has 3 rings (SSSR count). The van der Waals surface area contributed by atoms with Crippen molar-refractivity contribution in [2.45, 2.75) is 50.9 Å². The summed E-state index contributed by atoms with van der Waals surface area (Å²) in [5.41, 5.74) is 0.575. The Labute approximate surface area is 217 Å². The summed E-state index contributed by atoms with van der Waals surface area (Å²) in [6, 6.07) is 12.0. The van der Waals surface area contributed by atoms with Gasteiger partial charge in [0.1, 0.15) is 27.7 Å². The third-order valence-corrected chi connectivity index (χ3v) is 6.93. The number of carbonyl (C=O) groups is 3. The lowest BCUT2D eigenvalue weighted by Gasteiger charge is -2.36. The van der Waals surface area contributed by atoms with Gasteiger partial charge < -0.3 is 15.7 Å². The third kappa shape index (κ3) is 6.90. The van der Waals surface area contributed by atoms with Gasteiger partial charge in [0, 0.05) is 19.4 Å². The van der Waals surface area contributed by atoms with Crippen LogP contribution in [-0.2, 0) is 19.3 Å². The zero-order chi connectivity index (χ0) is 27.2. The lowest BCUT2D eigenvalue weighted by atomic mass is 9.99. The van der Waals surface area contributed by atoms with E-state index in [1.807, 2.05) is 0 Å². The molecule has 1 aliphatic heterocycles. The van der Waals surface area contributed by atoms with E-state index < -0.39 is 34.8 Å². The Morgan fingerprint density at radius 2 is 1.73 bits per heavy atom. The first-order valence-electron chi connectivity index (χ1n) is 11.6. The Bertz CT molecular complexity index is 1160. The number of hydrazone groups is 1. The summed E-state index contributed by atoms with van der Waals surface area (Å²) in [5, 5.41) is 23.9. The Kier molecular flexibility index (Phi) is 9.35. The number of carbonyl (C=O) groups excluding carboxylic acids is 3. The topological polar surface area (TPSA) is 123 Å². The van der Waals surface area contributed by atoms with Crippen LogP contribution in [0.25, 0.3) is 0 Å². The van der Waals surface area contributed by atoms with Crippen LogP contribution in [-0.4, -0.2) is 51.8 Å². The number of hydrogen-bond acceptors (Lipinski definition) is 7. The lowest BCUT2D eigenvalue weighted by Crippen LogP contribution is -2.56. The number of halogens is 2. The molecule has 0 saturated carbocycles. The van der Waals surface area contributed by atoms with Gasteiger partial charge in [-0.05, 0) is 50.1 Å². The first kappa shape index (κ1) is 28.2. The number of nitrogens with zero attached hydrogens (tertiary/aromatic N) is 2. The minimum atomic E-state index is -1.40. The van der Waals surface area contributed by atoms with Gasteiger partial charge in [0.15, 0.2) is 6.29 Å². The molecule has 0 saturated heterocycles. The fraction of sp³-hybridized carbons (Fsp3) is 0.360. The molecule has 2 aromatic rings. The number of rotatable bonds is 10. The van der Waals surface area contributed by atoms with Crippen molar-refractivity contribution in [2.24, 2.45) is 5.10 Å². The predicted octanol–water partition coefficient (Wildman–Crippen LogP) is 2.36. The average molecular weight is 534 g/mol. The van der Waals surface area contributed by atoms with Crippen molar-refractivity contribution >= 4 is 34.5 Å². The second-order valence-corrected chi connectivity index (χ2v) is 9.77. The molecule has 0 aromatic heterocycles. The fourth-order valence-corrected chi connectivity index (χ4v) is 5.30. The van der Waals surface area contributed by atoms with E-state index in [0.29, 0.717) is 18.5 Å². The number of aliphatic hydroxyl groups excluding tert-OH is 1. The molecule has 0 fully saturated rings. The number of nitrogens with one attached hydrogen (secondary N) is 3. The quantitative estimate of drug-likeness (QED) is 0.275. The molecule has 1 heterocycles. The van der Waals surface area contributed by atoms with E-state index in [2.05, 4.69) is 21.1 Å². The van der Waals surface area contributed by atoms with Gasteiger partial charge in [-0.3, -0.25) is 19.7 Å². The van der Waals surface area contributed by atoms with Gasteiger partial charge in [-0.1, -0.05) is 42.1 Å². The Morgan fingerprint density at radius 1 is 1.08 bits per heavy atom. The van der Waals surface area contributed by atoms with Crippen LogP contribution >= 0.6 is 11.8 Å². The Morgan fingerprint density at radius 3 is 2.32 bits per heavy atom. The molecule has 2 unspecified atom stereocenters. The van der Waals surface area contributed by atoms with Crippen molar-refractivity contribution < 1.29 is 28.3 Å². The summed E-state index contributed by atoms with van der Waals surface area (Å²) in [6.07, 6.45) is -1.51. The first-order chi connectivity index (χ1) is 17.5. The van der Waals surface area contributed by atoms with Crippen molar-refractivity contribution in [3.05, 3.63) is 71.3 Å². The predicted molar refractivity (Wildman–Crippen MR) is 136 cm³/mol. The number of thioether (sulfide) groups is 1. The average Bonchev–Trinajstić information content (AvgIpc) is 3.23. The first-order valence-corrected chi connectivity index (χ1v) is 12.4. The molecule has 1 aliphatic rings. The van der Waals surface area contributed by atoms with Crippen LogP contribution in [0.2, 0.25) is 0 Å². The summed E-state index contributed by atoms with van der Waals surface area (Å²) >= 11 is 1.09. The summed E-state index contributed by atoms with van der Waals surface area (Å²) < 4.78 is 28.7.